The third-order valence-electron chi connectivity index (χ3n) is 2.53. The smallest absolute Gasteiger partial charge is 0.251 e. The minimum absolute atomic E-state index is 0.164. The molecule has 0 saturated heterocycles. The fraction of sp³-hybridized carbons (Fsp3) is 0.500. The van der Waals surface area contributed by atoms with Crippen molar-refractivity contribution in [1.29, 1.82) is 0 Å². The topological polar surface area (TPSA) is 38.3 Å². The highest BCUT2D eigenvalue weighted by atomic mass is 19.1. The maximum absolute atomic E-state index is 12.9. The lowest BCUT2D eigenvalue weighted by atomic mass is 10.1. The van der Waals surface area contributed by atoms with Crippen LogP contribution in [0.25, 0.3) is 0 Å². The van der Waals surface area contributed by atoms with Crippen LogP contribution in [-0.2, 0) is 4.74 Å². The molecule has 0 heterocycles. The summed E-state index contributed by atoms with van der Waals surface area (Å²) in [6.45, 7) is 5.75. The van der Waals surface area contributed by atoms with Gasteiger partial charge in [0, 0.05) is 25.3 Å². The molecule has 0 aromatic heterocycles. The van der Waals surface area contributed by atoms with Gasteiger partial charge in [-0.25, -0.2) is 4.39 Å². The molecule has 1 rings (SSSR count). The molecule has 1 aromatic rings. The Morgan fingerprint density at radius 1 is 1.39 bits per heavy atom. The molecule has 0 radical (unpaired) electrons. The molecule has 0 saturated carbocycles. The molecule has 0 aliphatic heterocycles. The monoisotopic (exact) mass is 253 g/mol. The predicted octanol–water partition coefficient (Wildman–Crippen LogP) is 2.68. The van der Waals surface area contributed by atoms with E-state index in [9.17, 15) is 9.18 Å². The van der Waals surface area contributed by atoms with Gasteiger partial charge in [-0.3, -0.25) is 4.79 Å². The largest absolute Gasteiger partial charge is 0.381 e. The number of rotatable bonds is 7. The standard InChI is InChI=1S/C14H20FNO2/c1-3-8-18-9-4-7-16-14(17)13-6-5-12(15)10-11(13)2/h5-6,10H,3-4,7-9H2,1-2H3,(H,16,17). The maximum Gasteiger partial charge on any atom is 0.251 e. The van der Waals surface area contributed by atoms with Gasteiger partial charge in [-0.15, -0.1) is 0 Å². The van der Waals surface area contributed by atoms with Crippen molar-refractivity contribution < 1.29 is 13.9 Å². The Labute approximate surface area is 107 Å². The van der Waals surface area contributed by atoms with Crippen LogP contribution < -0.4 is 5.32 Å². The molecule has 4 heteroatoms. The predicted molar refractivity (Wildman–Crippen MR) is 69.2 cm³/mol. The van der Waals surface area contributed by atoms with Crippen LogP contribution in [0.1, 0.15) is 35.7 Å². The molecule has 0 bridgehead atoms. The number of hydrogen-bond acceptors (Lipinski definition) is 2. The SMILES string of the molecule is CCCOCCCNC(=O)c1ccc(F)cc1C. The number of hydrogen-bond donors (Lipinski definition) is 1. The normalized spacial score (nSPS) is 10.4. The quantitative estimate of drug-likeness (QED) is 0.759. The van der Waals surface area contributed by atoms with Gasteiger partial charge in [0.05, 0.1) is 0 Å². The Morgan fingerprint density at radius 2 is 2.17 bits per heavy atom. The van der Waals surface area contributed by atoms with Crippen LogP contribution in [-0.4, -0.2) is 25.7 Å². The molecule has 0 spiro atoms. The van der Waals surface area contributed by atoms with E-state index in [1.165, 1.54) is 18.2 Å². The fourth-order valence-electron chi connectivity index (χ4n) is 1.60. The van der Waals surface area contributed by atoms with Gasteiger partial charge in [0.25, 0.3) is 5.91 Å². The molecule has 0 aliphatic rings. The summed E-state index contributed by atoms with van der Waals surface area (Å²) in [5, 5.41) is 2.79. The van der Waals surface area contributed by atoms with Crippen molar-refractivity contribution in [2.24, 2.45) is 0 Å². The number of ether oxygens (including phenoxy) is 1. The van der Waals surface area contributed by atoms with Gasteiger partial charge in [-0.1, -0.05) is 6.92 Å². The molecule has 1 aromatic carbocycles. The first kappa shape index (κ1) is 14.6. The van der Waals surface area contributed by atoms with Crippen molar-refractivity contribution in [3.05, 3.63) is 35.1 Å². The second-order valence-corrected chi connectivity index (χ2v) is 4.18. The lowest BCUT2D eigenvalue weighted by Gasteiger charge is -2.08. The number of aryl methyl sites for hydroxylation is 1. The summed E-state index contributed by atoms with van der Waals surface area (Å²) in [7, 11) is 0. The van der Waals surface area contributed by atoms with E-state index in [1.54, 1.807) is 6.92 Å². The molecule has 1 N–H and O–H groups in total. The van der Waals surface area contributed by atoms with Gasteiger partial charge >= 0.3 is 0 Å². The highest BCUT2D eigenvalue weighted by Crippen LogP contribution is 2.09. The number of halogens is 1. The van der Waals surface area contributed by atoms with Crippen molar-refractivity contribution in [1.82, 2.24) is 5.32 Å². The zero-order valence-electron chi connectivity index (χ0n) is 11.0. The Bertz CT molecular complexity index is 393. The highest BCUT2D eigenvalue weighted by Gasteiger charge is 2.08. The molecule has 0 fully saturated rings. The van der Waals surface area contributed by atoms with Crippen LogP contribution in [0.3, 0.4) is 0 Å². The number of carbonyl (C=O) groups excluding carboxylic acids is 1. The number of benzene rings is 1. The van der Waals surface area contributed by atoms with E-state index in [2.05, 4.69) is 12.2 Å². The van der Waals surface area contributed by atoms with E-state index in [0.29, 0.717) is 24.3 Å². The second-order valence-electron chi connectivity index (χ2n) is 4.18. The lowest BCUT2D eigenvalue weighted by Crippen LogP contribution is -2.26. The Kier molecular flexibility index (Phi) is 6.36. The lowest BCUT2D eigenvalue weighted by molar-refractivity contribution is 0.0940. The first-order chi connectivity index (χ1) is 8.65. The van der Waals surface area contributed by atoms with E-state index in [-0.39, 0.29) is 11.7 Å². The number of nitrogens with one attached hydrogen (secondary N) is 1. The minimum Gasteiger partial charge on any atom is -0.381 e. The minimum atomic E-state index is -0.322. The van der Waals surface area contributed by atoms with Gasteiger partial charge in [0.15, 0.2) is 0 Å². The van der Waals surface area contributed by atoms with Crippen molar-refractivity contribution >= 4 is 5.91 Å². The third kappa shape index (κ3) is 4.84. The van der Waals surface area contributed by atoms with Crippen LogP contribution in [0, 0.1) is 12.7 Å². The molecule has 18 heavy (non-hydrogen) atoms. The maximum atomic E-state index is 12.9. The van der Waals surface area contributed by atoms with Gasteiger partial charge in [-0.05, 0) is 43.5 Å². The zero-order chi connectivity index (χ0) is 13.4. The third-order valence-corrected chi connectivity index (χ3v) is 2.53. The molecule has 0 unspecified atom stereocenters. The molecule has 0 atom stereocenters. The van der Waals surface area contributed by atoms with Crippen LogP contribution in [0.15, 0.2) is 18.2 Å². The Balaban J connectivity index is 2.32. The highest BCUT2D eigenvalue weighted by molar-refractivity contribution is 5.95. The van der Waals surface area contributed by atoms with Crippen LogP contribution in [0.4, 0.5) is 4.39 Å². The number of amides is 1. The van der Waals surface area contributed by atoms with Crippen molar-refractivity contribution in [2.75, 3.05) is 19.8 Å². The second kappa shape index (κ2) is 7.82. The van der Waals surface area contributed by atoms with E-state index in [1.807, 2.05) is 0 Å². The summed E-state index contributed by atoms with van der Waals surface area (Å²) in [5.74, 6) is -0.486. The summed E-state index contributed by atoms with van der Waals surface area (Å²) < 4.78 is 18.2. The summed E-state index contributed by atoms with van der Waals surface area (Å²) in [6.07, 6.45) is 1.78. The van der Waals surface area contributed by atoms with Gasteiger partial charge in [0.1, 0.15) is 5.82 Å². The van der Waals surface area contributed by atoms with Crippen LogP contribution in [0.5, 0.6) is 0 Å². The number of carbonyl (C=O) groups is 1. The molecule has 3 nitrogen and oxygen atoms in total. The first-order valence-corrected chi connectivity index (χ1v) is 6.27. The van der Waals surface area contributed by atoms with E-state index < -0.39 is 0 Å². The Morgan fingerprint density at radius 3 is 2.83 bits per heavy atom. The molecule has 100 valence electrons. The van der Waals surface area contributed by atoms with Crippen LogP contribution in [0.2, 0.25) is 0 Å². The summed E-state index contributed by atoms with van der Waals surface area (Å²) >= 11 is 0. The average molecular weight is 253 g/mol. The van der Waals surface area contributed by atoms with Gasteiger partial charge in [0.2, 0.25) is 0 Å². The van der Waals surface area contributed by atoms with E-state index in [4.69, 9.17) is 4.74 Å². The van der Waals surface area contributed by atoms with Gasteiger partial charge in [-0.2, -0.15) is 0 Å². The fourth-order valence-corrected chi connectivity index (χ4v) is 1.60. The Hall–Kier alpha value is -1.42. The summed E-state index contributed by atoms with van der Waals surface area (Å²) in [4.78, 5) is 11.8. The van der Waals surface area contributed by atoms with E-state index in [0.717, 1.165) is 19.4 Å². The van der Waals surface area contributed by atoms with Crippen molar-refractivity contribution in [3.8, 4) is 0 Å². The van der Waals surface area contributed by atoms with Crippen molar-refractivity contribution in [2.45, 2.75) is 26.7 Å². The zero-order valence-corrected chi connectivity index (χ0v) is 11.0. The molecule has 1 amide bonds. The van der Waals surface area contributed by atoms with E-state index >= 15 is 0 Å². The molecular weight excluding hydrogens is 233 g/mol. The molecular formula is C14H20FNO2. The van der Waals surface area contributed by atoms with Crippen molar-refractivity contribution in [3.63, 3.8) is 0 Å². The summed E-state index contributed by atoms with van der Waals surface area (Å²) in [5.41, 5.74) is 1.17. The molecule has 0 aliphatic carbocycles. The summed E-state index contributed by atoms with van der Waals surface area (Å²) in [6, 6.07) is 4.17. The van der Waals surface area contributed by atoms with Gasteiger partial charge < -0.3 is 10.1 Å². The first-order valence-electron chi connectivity index (χ1n) is 6.27. The van der Waals surface area contributed by atoms with Crippen LogP contribution >= 0.6 is 0 Å². The average Bonchev–Trinajstić information content (AvgIpc) is 2.33.